The zero-order valence-corrected chi connectivity index (χ0v) is 17.5. The average molecular weight is 363 g/mol. The van der Waals surface area contributed by atoms with Gasteiger partial charge in [-0.05, 0) is 66.7 Å². The molecule has 0 bridgehead atoms. The van der Waals surface area contributed by atoms with Crippen molar-refractivity contribution in [1.29, 1.82) is 0 Å². The van der Waals surface area contributed by atoms with Gasteiger partial charge in [-0.1, -0.05) is 0 Å². The van der Waals surface area contributed by atoms with Gasteiger partial charge < -0.3 is 23.4 Å². The van der Waals surface area contributed by atoms with Crippen LogP contribution in [0.2, 0.25) is 5.54 Å². The molecule has 1 N–H and O–H groups in total. The van der Waals surface area contributed by atoms with Gasteiger partial charge in [-0.2, -0.15) is 0 Å². The highest BCUT2D eigenvalue weighted by molar-refractivity contribution is 6.46. The van der Waals surface area contributed by atoms with Crippen LogP contribution in [-0.4, -0.2) is 58.6 Å². The summed E-state index contributed by atoms with van der Waals surface area (Å²) < 4.78 is 23.9. The number of aliphatic hydroxyl groups is 1. The van der Waals surface area contributed by atoms with Crippen molar-refractivity contribution in [3.05, 3.63) is 0 Å². The molecule has 1 saturated carbocycles. The Bertz CT molecular complexity index is 321. The SMILES string of the molecule is CCO[SiH](OCC)C(COC(C)C)C1CCC(O)C(OC(C)C)C1. The van der Waals surface area contributed by atoms with Gasteiger partial charge in [-0.25, -0.2) is 0 Å². The average Bonchev–Trinajstić information content (AvgIpc) is 2.50. The quantitative estimate of drug-likeness (QED) is 0.573. The molecular weight excluding hydrogens is 324 g/mol. The van der Waals surface area contributed by atoms with Crippen LogP contribution < -0.4 is 0 Å². The largest absolute Gasteiger partial charge is 0.397 e. The fourth-order valence-electron chi connectivity index (χ4n) is 3.39. The Balaban J connectivity index is 2.82. The van der Waals surface area contributed by atoms with Gasteiger partial charge in [-0.3, -0.25) is 0 Å². The molecule has 4 atom stereocenters. The van der Waals surface area contributed by atoms with Crippen molar-refractivity contribution >= 4 is 9.28 Å². The number of ether oxygens (including phenoxy) is 2. The Morgan fingerprint density at radius 3 is 2.12 bits per heavy atom. The topological polar surface area (TPSA) is 57.2 Å². The maximum Gasteiger partial charge on any atom is 0.327 e. The third-order valence-corrected chi connectivity index (χ3v) is 7.24. The van der Waals surface area contributed by atoms with Crippen LogP contribution in [0.25, 0.3) is 0 Å². The first kappa shape index (κ1) is 22.1. The van der Waals surface area contributed by atoms with Crippen LogP contribution >= 0.6 is 0 Å². The molecule has 1 fully saturated rings. The Morgan fingerprint density at radius 1 is 1.00 bits per heavy atom. The fraction of sp³-hybridized carbons (Fsp3) is 1.00. The van der Waals surface area contributed by atoms with E-state index in [2.05, 4.69) is 13.8 Å². The molecule has 4 unspecified atom stereocenters. The van der Waals surface area contributed by atoms with E-state index in [-0.39, 0.29) is 30.0 Å². The lowest BCUT2D eigenvalue weighted by molar-refractivity contribution is -0.0977. The number of rotatable bonds is 11. The molecule has 24 heavy (non-hydrogen) atoms. The highest BCUT2D eigenvalue weighted by Gasteiger charge is 2.40. The van der Waals surface area contributed by atoms with E-state index in [9.17, 15) is 5.11 Å². The van der Waals surface area contributed by atoms with Crippen molar-refractivity contribution in [2.24, 2.45) is 5.92 Å². The fourth-order valence-corrected chi connectivity index (χ4v) is 5.70. The van der Waals surface area contributed by atoms with Gasteiger partial charge in [0.1, 0.15) is 0 Å². The van der Waals surface area contributed by atoms with Crippen molar-refractivity contribution in [1.82, 2.24) is 0 Å². The van der Waals surface area contributed by atoms with Gasteiger partial charge >= 0.3 is 9.28 Å². The number of aliphatic hydroxyl groups excluding tert-OH is 1. The summed E-state index contributed by atoms with van der Waals surface area (Å²) in [5, 5.41) is 10.3. The molecular formula is C18H38O5Si. The van der Waals surface area contributed by atoms with Crippen LogP contribution in [0.15, 0.2) is 0 Å². The van der Waals surface area contributed by atoms with Crippen molar-refractivity contribution < 1.29 is 23.4 Å². The van der Waals surface area contributed by atoms with Gasteiger partial charge in [-0.15, -0.1) is 0 Å². The minimum absolute atomic E-state index is 0.0943. The van der Waals surface area contributed by atoms with Gasteiger partial charge in [0.25, 0.3) is 0 Å². The highest BCUT2D eigenvalue weighted by Crippen LogP contribution is 2.38. The predicted octanol–water partition coefficient (Wildman–Crippen LogP) is 3.03. The predicted molar refractivity (Wildman–Crippen MR) is 98.6 cm³/mol. The molecule has 0 aromatic rings. The third kappa shape index (κ3) is 7.50. The van der Waals surface area contributed by atoms with E-state index >= 15 is 0 Å². The lowest BCUT2D eigenvalue weighted by Crippen LogP contribution is -2.43. The maximum absolute atomic E-state index is 10.3. The zero-order valence-electron chi connectivity index (χ0n) is 16.4. The van der Waals surface area contributed by atoms with E-state index < -0.39 is 9.28 Å². The highest BCUT2D eigenvalue weighted by atomic mass is 28.3. The van der Waals surface area contributed by atoms with Crippen LogP contribution in [-0.2, 0) is 18.3 Å². The Hall–Kier alpha value is 0.0169. The molecule has 0 saturated heterocycles. The molecule has 0 aromatic carbocycles. The summed E-state index contributed by atoms with van der Waals surface area (Å²) >= 11 is 0. The molecule has 0 aliphatic heterocycles. The van der Waals surface area contributed by atoms with E-state index in [4.69, 9.17) is 18.3 Å². The first-order chi connectivity index (χ1) is 11.4. The summed E-state index contributed by atoms with van der Waals surface area (Å²) in [6, 6.07) is 0. The van der Waals surface area contributed by atoms with Crippen LogP contribution in [0.5, 0.6) is 0 Å². The monoisotopic (exact) mass is 362 g/mol. The van der Waals surface area contributed by atoms with Gasteiger partial charge in [0.05, 0.1) is 31.0 Å². The summed E-state index contributed by atoms with van der Waals surface area (Å²) in [4.78, 5) is 0. The minimum atomic E-state index is -1.83. The lowest BCUT2D eigenvalue weighted by Gasteiger charge is -2.39. The van der Waals surface area contributed by atoms with E-state index in [1.54, 1.807) is 0 Å². The molecule has 144 valence electrons. The summed E-state index contributed by atoms with van der Waals surface area (Å²) in [5.74, 6) is 0.422. The molecule has 0 aromatic heterocycles. The first-order valence-corrected chi connectivity index (χ1v) is 11.2. The summed E-state index contributed by atoms with van der Waals surface area (Å²) in [7, 11) is -1.83. The Kier molecular flexibility index (Phi) is 10.7. The van der Waals surface area contributed by atoms with Crippen molar-refractivity contribution in [3.8, 4) is 0 Å². The van der Waals surface area contributed by atoms with E-state index in [1.807, 2.05) is 27.7 Å². The smallest absolute Gasteiger partial charge is 0.327 e. The minimum Gasteiger partial charge on any atom is -0.397 e. The van der Waals surface area contributed by atoms with Crippen molar-refractivity contribution in [2.75, 3.05) is 19.8 Å². The van der Waals surface area contributed by atoms with Crippen molar-refractivity contribution in [3.63, 3.8) is 0 Å². The van der Waals surface area contributed by atoms with Crippen LogP contribution in [0.3, 0.4) is 0 Å². The van der Waals surface area contributed by atoms with Crippen molar-refractivity contribution in [2.45, 2.75) is 90.8 Å². The Labute approximate surface area is 149 Å². The first-order valence-electron chi connectivity index (χ1n) is 9.57. The Morgan fingerprint density at radius 2 is 1.62 bits per heavy atom. The molecule has 0 spiro atoms. The van der Waals surface area contributed by atoms with E-state index in [1.165, 1.54) is 0 Å². The van der Waals surface area contributed by atoms with Crippen LogP contribution in [0.1, 0.15) is 60.8 Å². The second-order valence-electron chi connectivity index (χ2n) is 7.19. The number of hydrogen-bond donors (Lipinski definition) is 1. The van der Waals surface area contributed by atoms with Crippen LogP contribution in [0, 0.1) is 5.92 Å². The zero-order chi connectivity index (χ0) is 18.1. The molecule has 0 radical (unpaired) electrons. The molecule has 1 aliphatic carbocycles. The standard InChI is InChI=1S/C18H38O5Si/c1-7-21-24(22-8-2)18(12-20-13(3)4)15-9-10-16(19)17(11-15)23-14(5)6/h13-19,24H,7-12H2,1-6H3. The second-order valence-corrected chi connectivity index (χ2v) is 9.45. The maximum atomic E-state index is 10.3. The molecule has 5 nitrogen and oxygen atoms in total. The summed E-state index contributed by atoms with van der Waals surface area (Å²) in [5.41, 5.74) is 0.290. The van der Waals surface area contributed by atoms with Crippen LogP contribution in [0.4, 0.5) is 0 Å². The molecule has 1 aliphatic rings. The number of hydrogen-bond acceptors (Lipinski definition) is 5. The molecule has 1 rings (SSSR count). The molecule has 0 heterocycles. The summed E-state index contributed by atoms with van der Waals surface area (Å²) in [6.45, 7) is 14.2. The molecule has 0 amide bonds. The molecule has 6 heteroatoms. The third-order valence-electron chi connectivity index (χ3n) is 4.48. The normalized spacial score (nSPS) is 26.5. The van der Waals surface area contributed by atoms with E-state index in [0.29, 0.717) is 25.7 Å². The summed E-state index contributed by atoms with van der Waals surface area (Å²) in [6.07, 6.45) is 2.48. The second kappa shape index (κ2) is 11.6. The lowest BCUT2D eigenvalue weighted by atomic mass is 9.83. The van der Waals surface area contributed by atoms with Gasteiger partial charge in [0, 0.05) is 18.8 Å². The van der Waals surface area contributed by atoms with Gasteiger partial charge in [0.15, 0.2) is 0 Å². The van der Waals surface area contributed by atoms with E-state index in [0.717, 1.165) is 19.3 Å². The van der Waals surface area contributed by atoms with Gasteiger partial charge in [0.2, 0.25) is 0 Å².